The van der Waals surface area contributed by atoms with Gasteiger partial charge in [0.2, 0.25) is 5.88 Å². The molecule has 1 unspecified atom stereocenters. The van der Waals surface area contributed by atoms with Crippen LogP contribution in [0.4, 0.5) is 4.79 Å². The molecule has 3 fully saturated rings. The lowest BCUT2D eigenvalue weighted by atomic mass is 9.74. The summed E-state index contributed by atoms with van der Waals surface area (Å²) in [6.45, 7) is 6.26. The molecule has 0 aliphatic carbocycles. The lowest BCUT2D eigenvalue weighted by molar-refractivity contribution is 0.0196. The fourth-order valence-electron chi connectivity index (χ4n) is 4.46. The molecule has 5 rings (SSSR count). The highest BCUT2D eigenvalue weighted by Crippen LogP contribution is 2.38. The van der Waals surface area contributed by atoms with Gasteiger partial charge in [-0.25, -0.2) is 9.78 Å². The number of hydrogen-bond donors (Lipinski definition) is 1. The van der Waals surface area contributed by atoms with Gasteiger partial charge in [0.05, 0.1) is 5.52 Å². The zero-order chi connectivity index (χ0) is 17.4. The molecule has 1 aromatic heterocycles. The summed E-state index contributed by atoms with van der Waals surface area (Å²) in [6.07, 6.45) is 4.68. The number of para-hydroxylation sites is 1. The van der Waals surface area contributed by atoms with Crippen molar-refractivity contribution in [2.24, 2.45) is 17.6 Å². The van der Waals surface area contributed by atoms with Crippen molar-refractivity contribution in [3.8, 4) is 5.88 Å². The Labute approximate surface area is 147 Å². The number of aromatic nitrogens is 1. The average Bonchev–Trinajstić information content (AvgIpc) is 2.61. The number of nitrogens with zero attached hydrogens (tertiary/aromatic N) is 2. The van der Waals surface area contributed by atoms with E-state index in [0.29, 0.717) is 12.0 Å². The van der Waals surface area contributed by atoms with E-state index < -0.39 is 6.09 Å². The lowest BCUT2D eigenvalue weighted by Crippen LogP contribution is -2.53. The number of piperidine rings is 3. The first-order valence-corrected chi connectivity index (χ1v) is 8.86. The van der Waals surface area contributed by atoms with E-state index >= 15 is 0 Å². The van der Waals surface area contributed by atoms with Crippen LogP contribution in [0.25, 0.3) is 10.9 Å². The van der Waals surface area contributed by atoms with Gasteiger partial charge >= 0.3 is 6.09 Å². The Bertz CT molecular complexity index is 820. The molecule has 2 aromatic rings. The number of benzene rings is 1. The van der Waals surface area contributed by atoms with Crippen LogP contribution in [0, 0.1) is 11.8 Å². The van der Waals surface area contributed by atoms with Crippen LogP contribution in [0.1, 0.15) is 18.4 Å². The van der Waals surface area contributed by atoms with E-state index in [9.17, 15) is 4.79 Å². The third-order valence-electron chi connectivity index (χ3n) is 5.67. The average molecular weight is 337 g/mol. The number of carbonyl (C=O) groups is 1. The van der Waals surface area contributed by atoms with E-state index in [1.54, 1.807) is 0 Å². The number of hydrogen-bond acceptors (Lipinski definition) is 4. The van der Waals surface area contributed by atoms with Crippen LogP contribution >= 0.6 is 0 Å². The van der Waals surface area contributed by atoms with Crippen LogP contribution in [0.2, 0.25) is 0 Å². The van der Waals surface area contributed by atoms with Crippen LogP contribution < -0.4 is 10.5 Å². The highest BCUT2D eigenvalue weighted by Gasteiger charge is 2.38. The fourth-order valence-corrected chi connectivity index (χ4v) is 4.46. The van der Waals surface area contributed by atoms with Gasteiger partial charge < -0.3 is 10.5 Å². The number of ether oxygens (including phenoxy) is 1. The van der Waals surface area contributed by atoms with Gasteiger partial charge in [0.1, 0.15) is 0 Å². The molecule has 4 heterocycles. The Morgan fingerprint density at radius 2 is 2.28 bits per heavy atom. The Hall–Kier alpha value is -2.40. The van der Waals surface area contributed by atoms with Gasteiger partial charge in [0, 0.05) is 24.0 Å². The first-order chi connectivity index (χ1) is 12.1. The number of nitrogens with two attached hydrogens (primary N) is 1. The van der Waals surface area contributed by atoms with Gasteiger partial charge in [-0.1, -0.05) is 24.3 Å². The molecule has 25 heavy (non-hydrogen) atoms. The zero-order valence-electron chi connectivity index (χ0n) is 14.2. The van der Waals surface area contributed by atoms with E-state index in [1.165, 1.54) is 12.8 Å². The minimum Gasteiger partial charge on any atom is -0.391 e. The molecule has 3 saturated heterocycles. The lowest BCUT2D eigenvalue weighted by Gasteiger charge is -2.49. The van der Waals surface area contributed by atoms with Crippen molar-refractivity contribution in [3.05, 3.63) is 48.6 Å². The summed E-state index contributed by atoms with van der Waals surface area (Å²) in [4.78, 5) is 18.1. The van der Waals surface area contributed by atoms with Gasteiger partial charge in [-0.2, -0.15) is 0 Å². The quantitative estimate of drug-likeness (QED) is 0.870. The third kappa shape index (κ3) is 3.12. The molecule has 2 bridgehead atoms. The molecule has 5 heteroatoms. The second-order valence-electron chi connectivity index (χ2n) is 7.09. The maximum atomic E-state index is 11.1. The van der Waals surface area contributed by atoms with E-state index in [2.05, 4.69) is 28.6 Å². The van der Waals surface area contributed by atoms with Gasteiger partial charge in [0.25, 0.3) is 0 Å². The minimum absolute atomic E-state index is 0.279. The molecule has 4 atom stereocenters. The number of pyridine rings is 1. The maximum absolute atomic E-state index is 11.1. The summed E-state index contributed by atoms with van der Waals surface area (Å²) >= 11 is 0. The Kier molecular flexibility index (Phi) is 4.17. The van der Waals surface area contributed by atoms with Crippen molar-refractivity contribution in [3.63, 3.8) is 0 Å². The molecule has 0 radical (unpaired) electrons. The second kappa shape index (κ2) is 6.48. The molecule has 1 aromatic carbocycles. The molecule has 0 spiro atoms. The van der Waals surface area contributed by atoms with Crippen LogP contribution in [-0.4, -0.2) is 35.1 Å². The van der Waals surface area contributed by atoms with Crippen LogP contribution in [-0.2, 0) is 6.42 Å². The van der Waals surface area contributed by atoms with Crippen LogP contribution in [0.15, 0.2) is 43.0 Å². The number of amides is 1. The highest BCUT2D eigenvalue weighted by molar-refractivity contribution is 5.83. The summed E-state index contributed by atoms with van der Waals surface area (Å²) in [6, 6.07) is 10.4. The Balaban J connectivity index is 1.64. The SMILES string of the molecule is C=C[C@H]1CN2CC[C@@H]1C[C@@H]2Cc1cc(OC(N)=O)nc2ccccc12. The summed E-state index contributed by atoms with van der Waals surface area (Å²) in [5.41, 5.74) is 7.16. The van der Waals surface area contributed by atoms with Gasteiger partial charge in [-0.05, 0) is 49.3 Å². The maximum Gasteiger partial charge on any atom is 0.411 e. The van der Waals surface area contributed by atoms with E-state index in [0.717, 1.165) is 41.9 Å². The summed E-state index contributed by atoms with van der Waals surface area (Å²) in [5.74, 6) is 1.64. The monoisotopic (exact) mass is 337 g/mol. The Morgan fingerprint density at radius 3 is 3.00 bits per heavy atom. The highest BCUT2D eigenvalue weighted by atomic mass is 16.6. The number of carbonyl (C=O) groups excluding carboxylic acids is 1. The number of fused-ring (bicyclic) bond motifs is 4. The minimum atomic E-state index is -0.831. The summed E-state index contributed by atoms with van der Waals surface area (Å²) < 4.78 is 5.05. The third-order valence-corrected chi connectivity index (χ3v) is 5.67. The van der Waals surface area contributed by atoms with Gasteiger partial charge in [-0.3, -0.25) is 4.90 Å². The first-order valence-electron chi connectivity index (χ1n) is 8.86. The number of rotatable bonds is 4. The van der Waals surface area contributed by atoms with Gasteiger partial charge in [-0.15, -0.1) is 6.58 Å². The largest absolute Gasteiger partial charge is 0.411 e. The predicted molar refractivity (Wildman–Crippen MR) is 97.4 cm³/mol. The molecular formula is C20H23N3O2. The second-order valence-corrected chi connectivity index (χ2v) is 7.09. The van der Waals surface area contributed by atoms with Crippen LogP contribution in [0.5, 0.6) is 5.88 Å². The fraction of sp³-hybridized carbons (Fsp3) is 0.400. The van der Waals surface area contributed by atoms with Gasteiger partial charge in [0.15, 0.2) is 0 Å². The van der Waals surface area contributed by atoms with Crippen molar-refractivity contribution in [1.82, 2.24) is 9.88 Å². The van der Waals surface area contributed by atoms with Crippen LogP contribution in [0.3, 0.4) is 0 Å². The molecule has 2 N–H and O–H groups in total. The smallest absolute Gasteiger partial charge is 0.391 e. The normalized spacial score (nSPS) is 28.0. The molecule has 130 valence electrons. The van der Waals surface area contributed by atoms with Crippen molar-refractivity contribution in [1.29, 1.82) is 0 Å². The molecule has 5 nitrogen and oxygen atoms in total. The Morgan fingerprint density at radius 1 is 1.44 bits per heavy atom. The first kappa shape index (κ1) is 16.1. The van der Waals surface area contributed by atoms with Crippen molar-refractivity contribution in [2.75, 3.05) is 13.1 Å². The standard InChI is InChI=1S/C20H23N3O2/c1-2-13-12-23-8-7-14(13)9-16(23)10-15-11-19(25-20(21)24)22-18-6-4-3-5-17(15)18/h2-6,11,13-14,16H,1,7-10,12H2,(H2,21,24)/t13-,14+,16+/m0/s1. The van der Waals surface area contributed by atoms with E-state index in [-0.39, 0.29) is 5.88 Å². The van der Waals surface area contributed by atoms with E-state index in [4.69, 9.17) is 10.5 Å². The van der Waals surface area contributed by atoms with Crippen molar-refractivity contribution >= 4 is 17.0 Å². The van der Waals surface area contributed by atoms with Crippen molar-refractivity contribution in [2.45, 2.75) is 25.3 Å². The topological polar surface area (TPSA) is 68.5 Å². The molecule has 1 amide bonds. The molecule has 3 aliphatic rings. The molecule has 0 saturated carbocycles. The van der Waals surface area contributed by atoms with E-state index in [1.807, 2.05) is 24.3 Å². The number of primary amides is 1. The van der Waals surface area contributed by atoms with Crippen molar-refractivity contribution < 1.29 is 9.53 Å². The molecule has 3 aliphatic heterocycles. The summed E-state index contributed by atoms with van der Waals surface area (Å²) in [7, 11) is 0. The molecular weight excluding hydrogens is 314 g/mol. The zero-order valence-corrected chi connectivity index (χ0v) is 14.2. The predicted octanol–water partition coefficient (Wildman–Crippen LogP) is 3.13. The summed E-state index contributed by atoms with van der Waals surface area (Å²) in [5, 5.41) is 1.11.